The molecule has 2 aromatic carbocycles. The Balaban J connectivity index is 1.87. The first-order valence-electron chi connectivity index (χ1n) is 7.94. The smallest absolute Gasteiger partial charge is 0.133 e. The maximum atomic E-state index is 6.20. The topological polar surface area (TPSA) is 39.1 Å². The van der Waals surface area contributed by atoms with E-state index in [1.807, 2.05) is 35.0 Å². The predicted octanol–water partition coefficient (Wildman–Crippen LogP) is 4.48. The molecule has 1 N–H and O–H groups in total. The predicted molar refractivity (Wildman–Crippen MR) is 97.5 cm³/mol. The van der Waals surface area contributed by atoms with E-state index < -0.39 is 0 Å². The highest BCUT2D eigenvalue weighted by Crippen LogP contribution is 2.36. The summed E-state index contributed by atoms with van der Waals surface area (Å²) in [7, 11) is 1.67. The van der Waals surface area contributed by atoms with Gasteiger partial charge in [-0.3, -0.25) is 0 Å². The largest absolute Gasteiger partial charge is 0.497 e. The Morgan fingerprint density at radius 3 is 2.71 bits per heavy atom. The molecule has 122 valence electrons. The highest BCUT2D eigenvalue weighted by atomic mass is 35.5. The molecule has 1 aliphatic heterocycles. The Labute approximate surface area is 146 Å². The van der Waals surface area contributed by atoms with Gasteiger partial charge in [0.1, 0.15) is 11.6 Å². The van der Waals surface area contributed by atoms with E-state index in [0.717, 1.165) is 47.0 Å². The molecule has 0 bridgehead atoms. The second kappa shape index (κ2) is 5.87. The minimum atomic E-state index is 0.712. The molecule has 3 aromatic rings. The van der Waals surface area contributed by atoms with Crippen molar-refractivity contribution in [1.82, 2.24) is 9.78 Å². The van der Waals surface area contributed by atoms with Gasteiger partial charge < -0.3 is 10.1 Å². The van der Waals surface area contributed by atoms with Gasteiger partial charge in [-0.25, -0.2) is 4.68 Å². The number of aromatic nitrogens is 2. The van der Waals surface area contributed by atoms with Crippen LogP contribution in [-0.2, 0) is 6.42 Å². The highest BCUT2D eigenvalue weighted by molar-refractivity contribution is 6.30. The van der Waals surface area contributed by atoms with Crippen molar-refractivity contribution in [3.63, 3.8) is 0 Å². The summed E-state index contributed by atoms with van der Waals surface area (Å²) < 4.78 is 7.22. The van der Waals surface area contributed by atoms with Crippen molar-refractivity contribution in [2.24, 2.45) is 0 Å². The molecule has 0 amide bonds. The lowest BCUT2D eigenvalue weighted by molar-refractivity contribution is 0.415. The van der Waals surface area contributed by atoms with Gasteiger partial charge in [-0.1, -0.05) is 17.7 Å². The van der Waals surface area contributed by atoms with Gasteiger partial charge in [0, 0.05) is 22.7 Å². The third-order valence-electron chi connectivity index (χ3n) is 4.41. The lowest BCUT2D eigenvalue weighted by Crippen LogP contribution is -2.05. The maximum Gasteiger partial charge on any atom is 0.133 e. The number of hydrogen-bond donors (Lipinski definition) is 1. The summed E-state index contributed by atoms with van der Waals surface area (Å²) in [5.74, 6) is 1.91. The molecule has 0 spiro atoms. The van der Waals surface area contributed by atoms with Crippen LogP contribution in [0.3, 0.4) is 0 Å². The summed E-state index contributed by atoms with van der Waals surface area (Å²) in [6.07, 6.45) is 0.969. The first-order valence-corrected chi connectivity index (χ1v) is 8.32. The van der Waals surface area contributed by atoms with Crippen LogP contribution < -0.4 is 10.1 Å². The SMILES string of the molecule is COc1ccc(-c2nn(-c3cc(Cl)ccc3C)c3c2CCN3)cc1. The molecule has 0 aliphatic carbocycles. The third kappa shape index (κ3) is 2.43. The Hall–Kier alpha value is -2.46. The number of aryl methyl sites for hydroxylation is 1. The number of anilines is 1. The van der Waals surface area contributed by atoms with Crippen molar-refractivity contribution in [2.45, 2.75) is 13.3 Å². The molecule has 1 aromatic heterocycles. The van der Waals surface area contributed by atoms with Crippen molar-refractivity contribution in [2.75, 3.05) is 19.0 Å². The minimum Gasteiger partial charge on any atom is -0.497 e. The van der Waals surface area contributed by atoms with Crippen LogP contribution in [0.25, 0.3) is 16.9 Å². The molecular weight excluding hydrogens is 322 g/mol. The van der Waals surface area contributed by atoms with Crippen molar-refractivity contribution in [3.8, 4) is 22.7 Å². The van der Waals surface area contributed by atoms with Crippen LogP contribution in [-0.4, -0.2) is 23.4 Å². The monoisotopic (exact) mass is 339 g/mol. The van der Waals surface area contributed by atoms with Gasteiger partial charge in [-0.15, -0.1) is 0 Å². The van der Waals surface area contributed by atoms with Gasteiger partial charge in [0.05, 0.1) is 18.5 Å². The molecule has 0 saturated carbocycles. The van der Waals surface area contributed by atoms with E-state index in [-0.39, 0.29) is 0 Å². The van der Waals surface area contributed by atoms with E-state index in [9.17, 15) is 0 Å². The van der Waals surface area contributed by atoms with Crippen molar-refractivity contribution >= 4 is 17.4 Å². The average molecular weight is 340 g/mol. The Bertz CT molecular complexity index is 900. The number of hydrogen-bond acceptors (Lipinski definition) is 3. The van der Waals surface area contributed by atoms with Crippen molar-refractivity contribution in [1.29, 1.82) is 0 Å². The molecule has 4 rings (SSSR count). The van der Waals surface area contributed by atoms with Gasteiger partial charge in [-0.05, 0) is 55.3 Å². The second-order valence-corrected chi connectivity index (χ2v) is 6.36. The van der Waals surface area contributed by atoms with E-state index in [1.54, 1.807) is 7.11 Å². The number of halogens is 1. The summed E-state index contributed by atoms with van der Waals surface area (Å²) in [5.41, 5.74) is 5.50. The van der Waals surface area contributed by atoms with Gasteiger partial charge in [0.25, 0.3) is 0 Å². The molecule has 5 heteroatoms. The molecule has 0 radical (unpaired) electrons. The number of nitrogens with one attached hydrogen (secondary N) is 1. The van der Waals surface area contributed by atoms with Crippen LogP contribution in [0, 0.1) is 6.92 Å². The Morgan fingerprint density at radius 1 is 1.17 bits per heavy atom. The molecule has 1 aliphatic rings. The van der Waals surface area contributed by atoms with E-state index in [1.165, 1.54) is 5.56 Å². The summed E-state index contributed by atoms with van der Waals surface area (Å²) in [6, 6.07) is 13.9. The van der Waals surface area contributed by atoms with Crippen LogP contribution in [0.1, 0.15) is 11.1 Å². The van der Waals surface area contributed by atoms with Gasteiger partial charge in [0.2, 0.25) is 0 Å². The zero-order valence-corrected chi connectivity index (χ0v) is 14.4. The normalized spacial score (nSPS) is 12.8. The van der Waals surface area contributed by atoms with E-state index in [2.05, 4.69) is 24.4 Å². The van der Waals surface area contributed by atoms with Crippen LogP contribution in [0.5, 0.6) is 5.75 Å². The Morgan fingerprint density at radius 2 is 1.96 bits per heavy atom. The molecule has 0 atom stereocenters. The molecule has 0 unspecified atom stereocenters. The van der Waals surface area contributed by atoms with Crippen LogP contribution in [0.4, 0.5) is 5.82 Å². The number of benzene rings is 2. The van der Waals surface area contributed by atoms with Crippen molar-refractivity contribution < 1.29 is 4.74 Å². The first-order chi connectivity index (χ1) is 11.7. The van der Waals surface area contributed by atoms with Gasteiger partial charge in [-0.2, -0.15) is 5.10 Å². The quantitative estimate of drug-likeness (QED) is 0.764. The zero-order chi connectivity index (χ0) is 16.7. The Kier molecular flexibility index (Phi) is 3.69. The van der Waals surface area contributed by atoms with Gasteiger partial charge >= 0.3 is 0 Å². The second-order valence-electron chi connectivity index (χ2n) is 5.92. The summed E-state index contributed by atoms with van der Waals surface area (Å²) in [6.45, 7) is 3.00. The molecule has 0 fully saturated rings. The standard InChI is InChI=1S/C19H18ClN3O/c1-12-3-6-14(20)11-17(12)23-19-16(9-10-21-19)18(22-23)13-4-7-15(24-2)8-5-13/h3-8,11,21H,9-10H2,1-2H3. The van der Waals surface area contributed by atoms with Crippen LogP contribution >= 0.6 is 11.6 Å². The van der Waals surface area contributed by atoms with E-state index in [0.29, 0.717) is 5.02 Å². The molecular formula is C19H18ClN3O. The summed E-state index contributed by atoms with van der Waals surface area (Å²) in [4.78, 5) is 0. The fourth-order valence-electron chi connectivity index (χ4n) is 3.14. The molecule has 2 heterocycles. The lowest BCUT2D eigenvalue weighted by Gasteiger charge is -2.10. The maximum absolute atomic E-state index is 6.20. The molecule has 24 heavy (non-hydrogen) atoms. The van der Waals surface area contributed by atoms with Crippen LogP contribution in [0.2, 0.25) is 5.02 Å². The molecule has 0 saturated heterocycles. The van der Waals surface area contributed by atoms with E-state index >= 15 is 0 Å². The van der Waals surface area contributed by atoms with Crippen LogP contribution in [0.15, 0.2) is 42.5 Å². The lowest BCUT2D eigenvalue weighted by atomic mass is 10.1. The number of methoxy groups -OCH3 is 1. The molecule has 4 nitrogen and oxygen atoms in total. The van der Waals surface area contributed by atoms with Gasteiger partial charge in [0.15, 0.2) is 0 Å². The number of rotatable bonds is 3. The van der Waals surface area contributed by atoms with Crippen molar-refractivity contribution in [3.05, 3.63) is 58.6 Å². The number of ether oxygens (including phenoxy) is 1. The highest BCUT2D eigenvalue weighted by Gasteiger charge is 2.24. The zero-order valence-electron chi connectivity index (χ0n) is 13.6. The fraction of sp³-hybridized carbons (Fsp3) is 0.211. The number of fused-ring (bicyclic) bond motifs is 1. The first kappa shape index (κ1) is 15.1. The minimum absolute atomic E-state index is 0.712. The average Bonchev–Trinajstić information content (AvgIpc) is 3.20. The fourth-order valence-corrected chi connectivity index (χ4v) is 3.31. The summed E-state index contributed by atoms with van der Waals surface area (Å²) >= 11 is 6.20. The third-order valence-corrected chi connectivity index (χ3v) is 4.65. The summed E-state index contributed by atoms with van der Waals surface area (Å²) in [5, 5.41) is 9.06. The van der Waals surface area contributed by atoms with E-state index in [4.69, 9.17) is 21.4 Å². The number of nitrogens with zero attached hydrogens (tertiary/aromatic N) is 2.